The number of aliphatic hydroxyl groups excluding tert-OH is 1. The molecule has 0 saturated carbocycles. The van der Waals surface area contributed by atoms with E-state index in [0.29, 0.717) is 12.3 Å². The Morgan fingerprint density at radius 1 is 1.42 bits per heavy atom. The molecular formula is C8H12N2O2. The summed E-state index contributed by atoms with van der Waals surface area (Å²) in [7, 11) is 0. The smallest absolute Gasteiger partial charge is 0.256 e. The van der Waals surface area contributed by atoms with Crippen molar-refractivity contribution in [3.8, 4) is 0 Å². The molecule has 0 spiro atoms. The number of hydrogen-bond acceptors (Lipinski definition) is 3. The zero-order chi connectivity index (χ0) is 9.14. The third-order valence-corrected chi connectivity index (χ3v) is 1.83. The van der Waals surface area contributed by atoms with E-state index >= 15 is 0 Å². The minimum absolute atomic E-state index is 0.00215. The second-order valence-electron chi connectivity index (χ2n) is 2.82. The van der Waals surface area contributed by atoms with Crippen molar-refractivity contribution in [3.63, 3.8) is 0 Å². The lowest BCUT2D eigenvalue weighted by atomic mass is 9.99. The predicted octanol–water partition coefficient (Wildman–Crippen LogP) is 0.405. The molecular weight excluding hydrogens is 156 g/mol. The summed E-state index contributed by atoms with van der Waals surface area (Å²) in [5.74, 6) is 0.0134. The minimum atomic E-state index is -0.307. The highest BCUT2D eigenvalue weighted by Crippen LogP contribution is 2.12. The second kappa shape index (κ2) is 3.58. The molecule has 1 rings (SSSR count). The van der Waals surface area contributed by atoms with Gasteiger partial charge < -0.3 is 5.11 Å². The molecule has 0 bridgehead atoms. The molecule has 1 N–H and O–H groups in total. The zero-order valence-corrected chi connectivity index (χ0v) is 7.24. The molecule has 0 fully saturated rings. The second-order valence-corrected chi connectivity index (χ2v) is 2.82. The van der Waals surface area contributed by atoms with Crippen molar-refractivity contribution in [2.24, 2.45) is 15.9 Å². The van der Waals surface area contributed by atoms with E-state index < -0.39 is 0 Å². The molecule has 0 radical (unpaired) electrons. The van der Waals surface area contributed by atoms with Crippen molar-refractivity contribution in [2.75, 3.05) is 6.61 Å². The van der Waals surface area contributed by atoms with Crippen molar-refractivity contribution in [1.82, 2.24) is 0 Å². The maximum Gasteiger partial charge on any atom is 0.256 e. The topological polar surface area (TPSA) is 62.0 Å². The molecule has 4 nitrogen and oxygen atoms in total. The van der Waals surface area contributed by atoms with Gasteiger partial charge in [0.15, 0.2) is 0 Å². The SMILES string of the molecule is CC1=NC(=O)C(CCO)C(C)=N1. The molecule has 1 amide bonds. The van der Waals surface area contributed by atoms with Crippen LogP contribution in [0.1, 0.15) is 20.3 Å². The summed E-state index contributed by atoms with van der Waals surface area (Å²) in [5, 5.41) is 8.66. The normalized spacial score (nSPS) is 23.6. The van der Waals surface area contributed by atoms with Crippen LogP contribution in [-0.2, 0) is 4.79 Å². The largest absolute Gasteiger partial charge is 0.396 e. The van der Waals surface area contributed by atoms with Crippen LogP contribution in [0.4, 0.5) is 0 Å². The maximum absolute atomic E-state index is 11.2. The first-order valence-electron chi connectivity index (χ1n) is 3.90. The van der Waals surface area contributed by atoms with E-state index in [9.17, 15) is 4.79 Å². The third kappa shape index (κ3) is 1.76. The van der Waals surface area contributed by atoms with Crippen molar-refractivity contribution in [2.45, 2.75) is 20.3 Å². The fourth-order valence-corrected chi connectivity index (χ4v) is 1.24. The lowest BCUT2D eigenvalue weighted by molar-refractivity contribution is -0.120. The number of amides is 1. The van der Waals surface area contributed by atoms with E-state index in [1.165, 1.54) is 0 Å². The van der Waals surface area contributed by atoms with Crippen LogP contribution >= 0.6 is 0 Å². The molecule has 1 heterocycles. The first-order valence-corrected chi connectivity index (χ1v) is 3.90. The summed E-state index contributed by atoms with van der Waals surface area (Å²) in [4.78, 5) is 19.0. The molecule has 1 aliphatic heterocycles. The van der Waals surface area contributed by atoms with Crippen molar-refractivity contribution in [3.05, 3.63) is 0 Å². The zero-order valence-electron chi connectivity index (χ0n) is 7.24. The van der Waals surface area contributed by atoms with Gasteiger partial charge in [-0.15, -0.1) is 0 Å². The van der Waals surface area contributed by atoms with E-state index in [2.05, 4.69) is 9.98 Å². The highest BCUT2D eigenvalue weighted by molar-refractivity contribution is 6.14. The highest BCUT2D eigenvalue weighted by atomic mass is 16.3. The first kappa shape index (κ1) is 9.06. The Balaban J connectivity index is 2.80. The lowest BCUT2D eigenvalue weighted by Crippen LogP contribution is -2.26. The van der Waals surface area contributed by atoms with Crippen LogP contribution in [0.25, 0.3) is 0 Å². The van der Waals surface area contributed by atoms with Gasteiger partial charge in [-0.3, -0.25) is 4.79 Å². The van der Waals surface area contributed by atoms with E-state index in [1.807, 2.05) is 0 Å². The monoisotopic (exact) mass is 168 g/mol. The quantitative estimate of drug-likeness (QED) is 0.648. The Morgan fingerprint density at radius 2 is 2.08 bits per heavy atom. The lowest BCUT2D eigenvalue weighted by Gasteiger charge is -2.15. The van der Waals surface area contributed by atoms with E-state index in [0.717, 1.165) is 5.71 Å². The number of rotatable bonds is 2. The van der Waals surface area contributed by atoms with Gasteiger partial charge in [0.25, 0.3) is 5.91 Å². The molecule has 4 heteroatoms. The Bertz CT molecular complexity index is 256. The molecule has 1 atom stereocenters. The van der Waals surface area contributed by atoms with Gasteiger partial charge in [0.05, 0.1) is 5.92 Å². The van der Waals surface area contributed by atoms with E-state index in [4.69, 9.17) is 5.11 Å². The number of aliphatic hydroxyl groups is 1. The van der Waals surface area contributed by atoms with Crippen LogP contribution in [0.3, 0.4) is 0 Å². The van der Waals surface area contributed by atoms with E-state index in [1.54, 1.807) is 13.8 Å². The molecule has 1 aliphatic rings. The van der Waals surface area contributed by atoms with Crippen LogP contribution in [0.15, 0.2) is 9.98 Å². The van der Waals surface area contributed by atoms with Crippen LogP contribution < -0.4 is 0 Å². The molecule has 66 valence electrons. The van der Waals surface area contributed by atoms with Gasteiger partial charge in [-0.05, 0) is 20.3 Å². The Kier molecular flexibility index (Phi) is 2.70. The molecule has 1 unspecified atom stereocenters. The van der Waals surface area contributed by atoms with Crippen molar-refractivity contribution in [1.29, 1.82) is 0 Å². The first-order chi connectivity index (χ1) is 5.65. The summed E-state index contributed by atoms with van der Waals surface area (Å²) in [6.07, 6.45) is 0.422. The fraction of sp³-hybridized carbons (Fsp3) is 0.625. The number of carbonyl (C=O) groups is 1. The number of aliphatic imine (C=N–C) groups is 2. The third-order valence-electron chi connectivity index (χ3n) is 1.83. The molecule has 0 saturated heterocycles. The molecule has 12 heavy (non-hydrogen) atoms. The van der Waals surface area contributed by atoms with Crippen LogP contribution in [0, 0.1) is 5.92 Å². The van der Waals surface area contributed by atoms with Gasteiger partial charge in [0, 0.05) is 12.3 Å². The Hall–Kier alpha value is -1.03. The average Bonchev–Trinajstić information content (AvgIpc) is 1.96. The molecule has 0 aromatic rings. The summed E-state index contributed by atoms with van der Waals surface area (Å²) >= 11 is 0. The average molecular weight is 168 g/mol. The van der Waals surface area contributed by atoms with Crippen molar-refractivity contribution < 1.29 is 9.90 Å². The van der Waals surface area contributed by atoms with Crippen molar-refractivity contribution >= 4 is 17.5 Å². The van der Waals surface area contributed by atoms with Crippen LogP contribution in [0.2, 0.25) is 0 Å². The minimum Gasteiger partial charge on any atom is -0.396 e. The van der Waals surface area contributed by atoms with Crippen LogP contribution in [-0.4, -0.2) is 29.2 Å². The Labute approximate surface area is 71.0 Å². The van der Waals surface area contributed by atoms with Gasteiger partial charge in [-0.2, -0.15) is 4.99 Å². The highest BCUT2D eigenvalue weighted by Gasteiger charge is 2.23. The molecule has 0 aromatic heterocycles. The van der Waals surface area contributed by atoms with E-state index in [-0.39, 0.29) is 18.4 Å². The fourth-order valence-electron chi connectivity index (χ4n) is 1.24. The molecule has 0 aliphatic carbocycles. The molecule has 0 aromatic carbocycles. The van der Waals surface area contributed by atoms with Gasteiger partial charge >= 0.3 is 0 Å². The number of amidine groups is 1. The maximum atomic E-state index is 11.2. The summed E-state index contributed by atoms with van der Waals surface area (Å²) in [5.41, 5.74) is 0.751. The number of hydrogen-bond donors (Lipinski definition) is 1. The summed E-state index contributed by atoms with van der Waals surface area (Å²) in [6.45, 7) is 3.48. The standard InChI is InChI=1S/C8H12N2O2/c1-5-7(3-4-11)8(12)10-6(2)9-5/h7,11H,3-4H2,1-2H3. The summed E-state index contributed by atoms with van der Waals surface area (Å²) in [6, 6.07) is 0. The van der Waals surface area contributed by atoms with Gasteiger partial charge in [0.2, 0.25) is 0 Å². The number of carbonyl (C=O) groups excluding carboxylic acids is 1. The van der Waals surface area contributed by atoms with Gasteiger partial charge in [-0.1, -0.05) is 0 Å². The number of nitrogens with zero attached hydrogens (tertiary/aromatic N) is 2. The Morgan fingerprint density at radius 3 is 2.58 bits per heavy atom. The van der Waals surface area contributed by atoms with Gasteiger partial charge in [-0.25, -0.2) is 4.99 Å². The summed E-state index contributed by atoms with van der Waals surface area (Å²) < 4.78 is 0. The van der Waals surface area contributed by atoms with Crippen LogP contribution in [0.5, 0.6) is 0 Å². The van der Waals surface area contributed by atoms with Gasteiger partial charge in [0.1, 0.15) is 5.84 Å². The predicted molar refractivity (Wildman–Crippen MR) is 46.4 cm³/mol.